The first kappa shape index (κ1) is 13.0. The lowest BCUT2D eigenvalue weighted by Crippen LogP contribution is -2.56. The van der Waals surface area contributed by atoms with Crippen LogP contribution in [0.15, 0.2) is 29.4 Å². The number of oxime groups is 1. The van der Waals surface area contributed by atoms with E-state index in [2.05, 4.69) is 11.2 Å². The third-order valence-electron chi connectivity index (χ3n) is 4.57. The van der Waals surface area contributed by atoms with Crippen LogP contribution in [0.1, 0.15) is 31.2 Å². The Bertz CT molecular complexity index is 564. The van der Waals surface area contributed by atoms with Crippen LogP contribution in [0.5, 0.6) is 0 Å². The highest BCUT2D eigenvalue weighted by atomic mass is 16.4. The third kappa shape index (κ3) is 1.77. The molecule has 1 fully saturated rings. The second-order valence-corrected chi connectivity index (χ2v) is 5.61. The second kappa shape index (κ2) is 4.81. The molecule has 0 unspecified atom stereocenters. The van der Waals surface area contributed by atoms with Crippen molar-refractivity contribution in [1.82, 2.24) is 0 Å². The van der Waals surface area contributed by atoms with E-state index in [1.165, 1.54) is 5.56 Å². The number of benzene rings is 1. The SMILES string of the molecule is N/C(=N/O)C1(C(=O)N2CCCc3ccccc32)CCC1. The number of hydrogen-bond acceptors (Lipinski definition) is 3. The van der Waals surface area contributed by atoms with Crippen LogP contribution in [0.4, 0.5) is 5.69 Å². The summed E-state index contributed by atoms with van der Waals surface area (Å²) < 4.78 is 0. The quantitative estimate of drug-likeness (QED) is 0.374. The molecule has 5 nitrogen and oxygen atoms in total. The van der Waals surface area contributed by atoms with E-state index in [1.807, 2.05) is 23.1 Å². The predicted octanol–water partition coefficient (Wildman–Crippen LogP) is 1.88. The Morgan fingerprint density at radius 3 is 2.70 bits per heavy atom. The van der Waals surface area contributed by atoms with E-state index in [0.29, 0.717) is 19.4 Å². The van der Waals surface area contributed by atoms with Gasteiger partial charge in [-0.25, -0.2) is 0 Å². The fraction of sp³-hybridized carbons (Fsp3) is 0.467. The number of carbonyl (C=O) groups excluding carboxylic acids is 1. The number of carbonyl (C=O) groups is 1. The molecular weight excluding hydrogens is 254 g/mol. The summed E-state index contributed by atoms with van der Waals surface area (Å²) in [5.41, 5.74) is 7.17. The Hall–Kier alpha value is -2.04. The van der Waals surface area contributed by atoms with E-state index >= 15 is 0 Å². The highest BCUT2D eigenvalue weighted by Crippen LogP contribution is 2.44. The molecule has 5 heteroatoms. The van der Waals surface area contributed by atoms with Gasteiger partial charge < -0.3 is 15.8 Å². The van der Waals surface area contributed by atoms with Crippen LogP contribution in [-0.4, -0.2) is 23.5 Å². The van der Waals surface area contributed by atoms with Crippen molar-refractivity contribution in [3.05, 3.63) is 29.8 Å². The molecule has 0 spiro atoms. The number of nitrogens with zero attached hydrogens (tertiary/aromatic N) is 2. The average molecular weight is 273 g/mol. The van der Waals surface area contributed by atoms with Crippen molar-refractivity contribution < 1.29 is 10.0 Å². The second-order valence-electron chi connectivity index (χ2n) is 5.61. The molecule has 1 aliphatic heterocycles. The maximum Gasteiger partial charge on any atom is 0.240 e. The highest BCUT2D eigenvalue weighted by molar-refractivity contribution is 6.13. The van der Waals surface area contributed by atoms with E-state index in [1.54, 1.807) is 0 Å². The number of amides is 1. The Labute approximate surface area is 118 Å². The molecule has 3 rings (SSSR count). The lowest BCUT2D eigenvalue weighted by atomic mass is 9.66. The summed E-state index contributed by atoms with van der Waals surface area (Å²) in [6.07, 6.45) is 4.23. The molecule has 1 amide bonds. The van der Waals surface area contributed by atoms with Gasteiger partial charge in [0.2, 0.25) is 5.91 Å². The number of para-hydroxylation sites is 1. The van der Waals surface area contributed by atoms with Gasteiger partial charge in [-0.2, -0.15) is 0 Å². The summed E-state index contributed by atoms with van der Waals surface area (Å²) in [6, 6.07) is 7.98. The van der Waals surface area contributed by atoms with E-state index in [4.69, 9.17) is 10.9 Å². The fourth-order valence-electron chi connectivity index (χ4n) is 3.21. The largest absolute Gasteiger partial charge is 0.409 e. The summed E-state index contributed by atoms with van der Waals surface area (Å²) in [4.78, 5) is 14.7. The highest BCUT2D eigenvalue weighted by Gasteiger charge is 2.50. The van der Waals surface area contributed by atoms with Crippen molar-refractivity contribution in [2.75, 3.05) is 11.4 Å². The van der Waals surface area contributed by atoms with Crippen molar-refractivity contribution in [3.63, 3.8) is 0 Å². The fourth-order valence-corrected chi connectivity index (χ4v) is 3.21. The molecule has 1 aliphatic carbocycles. The van der Waals surface area contributed by atoms with Gasteiger partial charge in [-0.15, -0.1) is 0 Å². The van der Waals surface area contributed by atoms with Crippen LogP contribution in [0.3, 0.4) is 0 Å². The Balaban J connectivity index is 1.96. The summed E-state index contributed by atoms with van der Waals surface area (Å²) in [6.45, 7) is 0.705. The van der Waals surface area contributed by atoms with Crippen molar-refractivity contribution in [1.29, 1.82) is 0 Å². The molecule has 0 bridgehead atoms. The van der Waals surface area contributed by atoms with Crippen molar-refractivity contribution >= 4 is 17.4 Å². The van der Waals surface area contributed by atoms with E-state index in [-0.39, 0.29) is 11.7 Å². The first-order valence-corrected chi connectivity index (χ1v) is 7.07. The average Bonchev–Trinajstić information content (AvgIpc) is 2.45. The first-order chi connectivity index (χ1) is 9.69. The summed E-state index contributed by atoms with van der Waals surface area (Å²) in [5.74, 6) is 0.0306. The standard InChI is InChI=1S/C15H19N3O2/c16-13(17-20)15(8-4-9-15)14(19)18-10-3-6-11-5-1-2-7-12(11)18/h1-2,5,7,20H,3-4,6,8-10H2,(H2,16,17). The van der Waals surface area contributed by atoms with Crippen molar-refractivity contribution in [2.45, 2.75) is 32.1 Å². The smallest absolute Gasteiger partial charge is 0.240 e. The molecule has 106 valence electrons. The number of amidine groups is 1. The molecule has 3 N–H and O–H groups in total. The molecule has 20 heavy (non-hydrogen) atoms. The molecule has 2 aliphatic rings. The van der Waals surface area contributed by atoms with E-state index in [9.17, 15) is 4.79 Å². The van der Waals surface area contributed by atoms with Gasteiger partial charge in [-0.3, -0.25) is 4.79 Å². The number of aryl methyl sites for hydroxylation is 1. The van der Waals surface area contributed by atoms with Gasteiger partial charge in [0, 0.05) is 12.2 Å². The van der Waals surface area contributed by atoms with Crippen LogP contribution >= 0.6 is 0 Å². The zero-order valence-corrected chi connectivity index (χ0v) is 11.4. The number of rotatable bonds is 2. The van der Waals surface area contributed by atoms with Gasteiger partial charge in [0.15, 0.2) is 5.84 Å². The molecular formula is C15H19N3O2. The topological polar surface area (TPSA) is 78.9 Å². The zero-order chi connectivity index (χ0) is 14.2. The molecule has 0 atom stereocenters. The molecule has 0 aromatic heterocycles. The first-order valence-electron chi connectivity index (χ1n) is 7.07. The van der Waals surface area contributed by atoms with Gasteiger partial charge in [-0.1, -0.05) is 29.8 Å². The van der Waals surface area contributed by atoms with E-state index in [0.717, 1.165) is 24.9 Å². The zero-order valence-electron chi connectivity index (χ0n) is 11.4. The minimum absolute atomic E-state index is 0.0220. The van der Waals surface area contributed by atoms with E-state index < -0.39 is 5.41 Å². The maximum atomic E-state index is 12.9. The summed E-state index contributed by atoms with van der Waals surface area (Å²) >= 11 is 0. The lowest BCUT2D eigenvalue weighted by Gasteiger charge is -2.43. The maximum absolute atomic E-state index is 12.9. The molecule has 1 saturated carbocycles. The van der Waals surface area contributed by atoms with Crippen LogP contribution in [0.2, 0.25) is 0 Å². The number of hydrogen-bond donors (Lipinski definition) is 2. The van der Waals surface area contributed by atoms with Crippen LogP contribution in [0.25, 0.3) is 0 Å². The summed E-state index contributed by atoms with van der Waals surface area (Å²) in [5, 5.41) is 12.1. The number of anilines is 1. The third-order valence-corrected chi connectivity index (χ3v) is 4.57. The minimum Gasteiger partial charge on any atom is -0.409 e. The number of fused-ring (bicyclic) bond motifs is 1. The van der Waals surface area contributed by atoms with Gasteiger partial charge in [-0.05, 0) is 37.3 Å². The molecule has 0 saturated heterocycles. The molecule has 1 heterocycles. The molecule has 0 radical (unpaired) electrons. The van der Waals surface area contributed by atoms with Crippen LogP contribution in [0, 0.1) is 5.41 Å². The Morgan fingerprint density at radius 1 is 1.30 bits per heavy atom. The van der Waals surface area contributed by atoms with Gasteiger partial charge in [0.1, 0.15) is 5.41 Å². The van der Waals surface area contributed by atoms with Crippen LogP contribution < -0.4 is 10.6 Å². The van der Waals surface area contributed by atoms with Gasteiger partial charge >= 0.3 is 0 Å². The molecule has 1 aromatic rings. The normalized spacial score (nSPS) is 21.0. The number of nitrogens with two attached hydrogens (primary N) is 1. The predicted molar refractivity (Wildman–Crippen MR) is 76.8 cm³/mol. The molecule has 1 aromatic carbocycles. The Morgan fingerprint density at radius 2 is 2.05 bits per heavy atom. The monoisotopic (exact) mass is 273 g/mol. The van der Waals surface area contributed by atoms with Crippen LogP contribution in [-0.2, 0) is 11.2 Å². The van der Waals surface area contributed by atoms with Gasteiger partial charge in [0.05, 0.1) is 0 Å². The Kier molecular flexibility index (Phi) is 3.12. The lowest BCUT2D eigenvalue weighted by molar-refractivity contribution is -0.128. The van der Waals surface area contributed by atoms with Crippen molar-refractivity contribution in [2.24, 2.45) is 16.3 Å². The van der Waals surface area contributed by atoms with Crippen molar-refractivity contribution in [3.8, 4) is 0 Å². The summed E-state index contributed by atoms with van der Waals surface area (Å²) in [7, 11) is 0. The van der Waals surface area contributed by atoms with Gasteiger partial charge in [0.25, 0.3) is 0 Å². The minimum atomic E-state index is -0.792.